The molecule has 0 saturated heterocycles. The molecule has 0 amide bonds. The Kier molecular flexibility index (Phi) is 4.35. The molecule has 0 aliphatic heterocycles. The molecule has 0 N–H and O–H groups in total. The van der Waals surface area contributed by atoms with Gasteiger partial charge < -0.3 is 0 Å². The molecule has 1 aromatic carbocycles. The molecule has 0 radical (unpaired) electrons. The number of benzene rings is 1. The molecule has 1 aliphatic carbocycles. The molecule has 0 heterocycles. The maximum Gasteiger partial charge on any atom is 0.141 e. The van der Waals surface area contributed by atoms with Crippen molar-refractivity contribution >= 4 is 5.78 Å². The molecular weight excluding hydrogens is 220 g/mol. The Hall–Kier alpha value is -1.37. The first-order chi connectivity index (χ1) is 8.66. The predicted molar refractivity (Wildman–Crippen MR) is 75.8 cm³/mol. The molecule has 18 heavy (non-hydrogen) atoms. The normalized spacial score (nSPS) is 15.3. The molecule has 0 aromatic heterocycles. The Morgan fingerprint density at radius 2 is 1.83 bits per heavy atom. The number of aryl methyl sites for hydroxylation is 2. The topological polar surface area (TPSA) is 17.1 Å². The first-order valence-electron chi connectivity index (χ1n) is 6.91. The van der Waals surface area contributed by atoms with Crippen molar-refractivity contribution in [2.45, 2.75) is 52.4 Å². The fraction of sp³-hybridized carbons (Fsp3) is 0.471. The van der Waals surface area contributed by atoms with E-state index in [2.05, 4.69) is 38.1 Å². The second-order valence-electron chi connectivity index (χ2n) is 5.37. The van der Waals surface area contributed by atoms with Crippen molar-refractivity contribution in [2.75, 3.05) is 0 Å². The van der Waals surface area contributed by atoms with Crippen molar-refractivity contribution in [1.82, 2.24) is 0 Å². The molecule has 0 unspecified atom stereocenters. The second-order valence-corrected chi connectivity index (χ2v) is 5.37. The van der Waals surface area contributed by atoms with Gasteiger partial charge in [-0.25, -0.2) is 0 Å². The zero-order chi connectivity index (χ0) is 13.0. The van der Waals surface area contributed by atoms with E-state index in [4.69, 9.17) is 0 Å². The van der Waals surface area contributed by atoms with E-state index in [0.717, 1.165) is 12.8 Å². The van der Waals surface area contributed by atoms with E-state index in [0.29, 0.717) is 18.6 Å². The predicted octanol–water partition coefficient (Wildman–Crippen LogP) is 4.31. The quantitative estimate of drug-likeness (QED) is 0.719. The molecule has 0 bridgehead atoms. The fourth-order valence-electron chi connectivity index (χ4n) is 2.71. The lowest BCUT2D eigenvalue weighted by Gasteiger charge is -2.13. The van der Waals surface area contributed by atoms with Crippen molar-refractivity contribution in [2.24, 2.45) is 0 Å². The van der Waals surface area contributed by atoms with Crippen molar-refractivity contribution < 1.29 is 4.79 Å². The van der Waals surface area contributed by atoms with Gasteiger partial charge in [0, 0.05) is 12.8 Å². The SMILES string of the molecule is Cc1cccc(C)c1CC(=O)CC1=CCCCC1. The van der Waals surface area contributed by atoms with Crippen LogP contribution in [-0.4, -0.2) is 5.78 Å². The number of hydrogen-bond donors (Lipinski definition) is 0. The van der Waals surface area contributed by atoms with Crippen LogP contribution in [0.15, 0.2) is 29.8 Å². The van der Waals surface area contributed by atoms with Crippen molar-refractivity contribution in [3.8, 4) is 0 Å². The van der Waals surface area contributed by atoms with Crippen LogP contribution in [0, 0.1) is 13.8 Å². The van der Waals surface area contributed by atoms with Crippen LogP contribution in [0.3, 0.4) is 0 Å². The van der Waals surface area contributed by atoms with Crippen LogP contribution in [-0.2, 0) is 11.2 Å². The Morgan fingerprint density at radius 1 is 1.11 bits per heavy atom. The lowest BCUT2D eigenvalue weighted by molar-refractivity contribution is -0.117. The zero-order valence-electron chi connectivity index (χ0n) is 11.5. The van der Waals surface area contributed by atoms with E-state index < -0.39 is 0 Å². The Morgan fingerprint density at radius 3 is 2.44 bits per heavy atom. The molecule has 1 aromatic rings. The van der Waals surface area contributed by atoms with Crippen LogP contribution in [0.1, 0.15) is 48.8 Å². The smallest absolute Gasteiger partial charge is 0.141 e. The van der Waals surface area contributed by atoms with Gasteiger partial charge in [0.05, 0.1) is 0 Å². The summed E-state index contributed by atoms with van der Waals surface area (Å²) >= 11 is 0. The van der Waals surface area contributed by atoms with Crippen LogP contribution < -0.4 is 0 Å². The maximum atomic E-state index is 12.1. The van der Waals surface area contributed by atoms with Crippen LogP contribution in [0.5, 0.6) is 0 Å². The Balaban J connectivity index is 2.01. The molecule has 0 atom stereocenters. The summed E-state index contributed by atoms with van der Waals surface area (Å²) in [6, 6.07) is 6.24. The number of Topliss-reactive ketones (excluding diaryl/α,β-unsaturated/α-hetero) is 1. The van der Waals surface area contributed by atoms with E-state index in [9.17, 15) is 4.79 Å². The van der Waals surface area contributed by atoms with Gasteiger partial charge in [-0.15, -0.1) is 0 Å². The van der Waals surface area contributed by atoms with E-state index in [1.54, 1.807) is 0 Å². The summed E-state index contributed by atoms with van der Waals surface area (Å²) in [5.74, 6) is 0.362. The lowest BCUT2D eigenvalue weighted by Crippen LogP contribution is -2.08. The first kappa shape index (κ1) is 13.1. The highest BCUT2D eigenvalue weighted by Crippen LogP contribution is 2.22. The molecule has 2 rings (SSSR count). The average molecular weight is 242 g/mol. The summed E-state index contributed by atoms with van der Waals surface area (Å²) in [4.78, 5) is 12.1. The van der Waals surface area contributed by atoms with E-state index in [1.165, 1.54) is 35.1 Å². The zero-order valence-corrected chi connectivity index (χ0v) is 11.5. The number of allylic oxidation sites excluding steroid dienone is 2. The van der Waals surface area contributed by atoms with Gasteiger partial charge in [0.1, 0.15) is 5.78 Å². The third-order valence-corrected chi connectivity index (χ3v) is 3.83. The molecule has 1 aliphatic rings. The van der Waals surface area contributed by atoms with Crippen molar-refractivity contribution in [1.29, 1.82) is 0 Å². The largest absolute Gasteiger partial charge is 0.299 e. The van der Waals surface area contributed by atoms with Crippen LogP contribution in [0.2, 0.25) is 0 Å². The molecule has 0 saturated carbocycles. The molecule has 0 spiro atoms. The van der Waals surface area contributed by atoms with Gasteiger partial charge in [-0.2, -0.15) is 0 Å². The summed E-state index contributed by atoms with van der Waals surface area (Å²) in [6.45, 7) is 4.19. The summed E-state index contributed by atoms with van der Waals surface area (Å²) in [5.41, 5.74) is 5.05. The number of rotatable bonds is 4. The summed E-state index contributed by atoms with van der Waals surface area (Å²) < 4.78 is 0. The maximum absolute atomic E-state index is 12.1. The molecule has 96 valence electrons. The number of carbonyl (C=O) groups excluding carboxylic acids is 1. The second kappa shape index (κ2) is 5.99. The molecule has 0 fully saturated rings. The standard InChI is InChI=1S/C17H22O/c1-13-7-6-8-14(2)17(13)12-16(18)11-15-9-4-3-5-10-15/h6-9H,3-5,10-12H2,1-2H3. The number of ketones is 1. The molecule has 1 heteroatoms. The summed E-state index contributed by atoms with van der Waals surface area (Å²) in [6.07, 6.45) is 8.34. The number of hydrogen-bond acceptors (Lipinski definition) is 1. The van der Waals surface area contributed by atoms with Crippen LogP contribution in [0.4, 0.5) is 0 Å². The van der Waals surface area contributed by atoms with Gasteiger partial charge in [-0.3, -0.25) is 4.79 Å². The minimum absolute atomic E-state index is 0.362. The minimum Gasteiger partial charge on any atom is -0.299 e. The Bertz CT molecular complexity index is 448. The van der Waals surface area contributed by atoms with Gasteiger partial charge in [0.15, 0.2) is 0 Å². The highest BCUT2D eigenvalue weighted by Gasteiger charge is 2.12. The third kappa shape index (κ3) is 3.32. The monoisotopic (exact) mass is 242 g/mol. The fourth-order valence-corrected chi connectivity index (χ4v) is 2.71. The summed E-state index contributed by atoms with van der Waals surface area (Å²) in [7, 11) is 0. The highest BCUT2D eigenvalue weighted by molar-refractivity contribution is 5.83. The highest BCUT2D eigenvalue weighted by atomic mass is 16.1. The van der Waals surface area contributed by atoms with Gasteiger partial charge in [-0.1, -0.05) is 29.8 Å². The van der Waals surface area contributed by atoms with E-state index in [-0.39, 0.29) is 0 Å². The minimum atomic E-state index is 0.362. The van der Waals surface area contributed by atoms with Crippen molar-refractivity contribution in [3.05, 3.63) is 46.5 Å². The molecule has 1 nitrogen and oxygen atoms in total. The van der Waals surface area contributed by atoms with Crippen LogP contribution in [0.25, 0.3) is 0 Å². The van der Waals surface area contributed by atoms with Gasteiger partial charge in [0.25, 0.3) is 0 Å². The van der Waals surface area contributed by atoms with E-state index in [1.807, 2.05) is 0 Å². The van der Waals surface area contributed by atoms with E-state index >= 15 is 0 Å². The lowest BCUT2D eigenvalue weighted by atomic mass is 9.92. The van der Waals surface area contributed by atoms with Gasteiger partial charge >= 0.3 is 0 Å². The molecular formula is C17H22O. The third-order valence-electron chi connectivity index (χ3n) is 3.83. The van der Waals surface area contributed by atoms with Crippen molar-refractivity contribution in [3.63, 3.8) is 0 Å². The van der Waals surface area contributed by atoms with Gasteiger partial charge in [0.2, 0.25) is 0 Å². The Labute approximate surface area is 110 Å². The first-order valence-corrected chi connectivity index (χ1v) is 6.91. The summed E-state index contributed by atoms with van der Waals surface area (Å²) in [5, 5.41) is 0. The number of carbonyl (C=O) groups is 1. The van der Waals surface area contributed by atoms with Gasteiger partial charge in [-0.05, 0) is 56.2 Å². The van der Waals surface area contributed by atoms with Crippen LogP contribution >= 0.6 is 0 Å². The average Bonchev–Trinajstić information content (AvgIpc) is 2.35.